The predicted molar refractivity (Wildman–Crippen MR) is 149 cm³/mol. The van der Waals surface area contributed by atoms with Crippen LogP contribution in [0.15, 0.2) is 97.1 Å². The highest BCUT2D eigenvalue weighted by Crippen LogP contribution is 2.36. The van der Waals surface area contributed by atoms with Crippen LogP contribution in [0, 0.1) is 6.92 Å². The van der Waals surface area contributed by atoms with Crippen LogP contribution in [0.3, 0.4) is 0 Å². The fourth-order valence-corrected chi connectivity index (χ4v) is 4.81. The number of thioether (sulfide) groups is 1. The minimum absolute atomic E-state index is 0.366. The van der Waals surface area contributed by atoms with E-state index in [4.69, 9.17) is 0 Å². The van der Waals surface area contributed by atoms with Gasteiger partial charge in [0.25, 0.3) is 5.91 Å². The molecule has 1 atom stereocenters. The average Bonchev–Trinajstić information content (AvgIpc) is 2.91. The topological polar surface area (TPSA) is 66.4 Å². The second-order valence-corrected chi connectivity index (χ2v) is 9.62. The van der Waals surface area contributed by atoms with Crippen molar-refractivity contribution in [1.82, 2.24) is 5.32 Å². The minimum Gasteiger partial charge on any atom is -0.480 e. The molecule has 4 rings (SSSR count). The van der Waals surface area contributed by atoms with E-state index in [2.05, 4.69) is 29.6 Å². The Kier molecular flexibility index (Phi) is 8.24. The third-order valence-electron chi connectivity index (χ3n) is 6.24. The molecule has 2 N–H and O–H groups in total. The van der Waals surface area contributed by atoms with E-state index in [1.807, 2.05) is 86.0 Å². The lowest BCUT2D eigenvalue weighted by Gasteiger charge is -2.18. The smallest absolute Gasteiger partial charge is 0.326 e. The third-order valence-corrected chi connectivity index (χ3v) is 6.88. The summed E-state index contributed by atoms with van der Waals surface area (Å²) in [5.74, 6) is -0.759. The highest BCUT2D eigenvalue weighted by molar-refractivity contribution is 7.98. The Morgan fingerprint density at radius 1 is 0.778 bits per heavy atom. The molecular weight excluding hydrogens is 466 g/mol. The summed E-state index contributed by atoms with van der Waals surface area (Å²) in [6.07, 6.45) is 2.29. The number of aryl methyl sites for hydroxylation is 1. The molecule has 0 aliphatic rings. The van der Waals surface area contributed by atoms with E-state index in [1.165, 1.54) is 0 Å². The third kappa shape index (κ3) is 5.69. The molecule has 0 spiro atoms. The molecule has 0 aliphatic heterocycles. The zero-order chi connectivity index (χ0) is 25.5. The second kappa shape index (κ2) is 11.7. The number of benzene rings is 4. The molecule has 0 aromatic heterocycles. The van der Waals surface area contributed by atoms with E-state index < -0.39 is 12.0 Å². The average molecular weight is 496 g/mol. The number of hydrogen-bond donors (Lipinski definition) is 2. The first-order valence-electron chi connectivity index (χ1n) is 11.9. The largest absolute Gasteiger partial charge is 0.480 e. The van der Waals surface area contributed by atoms with E-state index in [0.29, 0.717) is 17.7 Å². The molecule has 0 saturated carbocycles. The molecule has 1 amide bonds. The van der Waals surface area contributed by atoms with E-state index in [9.17, 15) is 14.7 Å². The van der Waals surface area contributed by atoms with Crippen molar-refractivity contribution >= 4 is 23.6 Å². The molecule has 1 unspecified atom stereocenters. The van der Waals surface area contributed by atoms with Gasteiger partial charge >= 0.3 is 5.97 Å². The van der Waals surface area contributed by atoms with Gasteiger partial charge in [-0.3, -0.25) is 4.79 Å². The Morgan fingerprint density at radius 2 is 1.39 bits per heavy atom. The molecule has 0 aliphatic carbocycles. The monoisotopic (exact) mass is 495 g/mol. The van der Waals surface area contributed by atoms with Gasteiger partial charge in [-0.25, -0.2) is 4.79 Å². The van der Waals surface area contributed by atoms with Gasteiger partial charge in [0.05, 0.1) is 0 Å². The van der Waals surface area contributed by atoms with Crippen molar-refractivity contribution in [3.63, 3.8) is 0 Å². The van der Waals surface area contributed by atoms with Crippen LogP contribution in [-0.2, 0) is 4.79 Å². The maximum Gasteiger partial charge on any atom is 0.326 e. The van der Waals surface area contributed by atoms with Gasteiger partial charge in [-0.05, 0) is 76.4 Å². The summed E-state index contributed by atoms with van der Waals surface area (Å²) in [5.41, 5.74) is 7.49. The van der Waals surface area contributed by atoms with Crippen LogP contribution >= 0.6 is 11.8 Å². The maximum absolute atomic E-state index is 13.4. The lowest BCUT2D eigenvalue weighted by molar-refractivity contribution is -0.139. The zero-order valence-corrected chi connectivity index (χ0v) is 21.2. The number of carboxylic acid groups (broad SMARTS) is 1. The van der Waals surface area contributed by atoms with E-state index in [-0.39, 0.29) is 5.91 Å². The van der Waals surface area contributed by atoms with Crippen LogP contribution in [0.2, 0.25) is 0 Å². The Bertz CT molecular complexity index is 1370. The molecule has 182 valence electrons. The lowest BCUT2D eigenvalue weighted by atomic mass is 9.89. The van der Waals surface area contributed by atoms with Crippen LogP contribution in [0.4, 0.5) is 0 Å². The van der Waals surface area contributed by atoms with Crippen molar-refractivity contribution in [3.8, 4) is 33.4 Å². The summed E-state index contributed by atoms with van der Waals surface area (Å²) in [6, 6.07) is 31.2. The molecule has 4 nitrogen and oxygen atoms in total. The molecule has 0 saturated heterocycles. The fourth-order valence-electron chi connectivity index (χ4n) is 4.34. The Hall–Kier alpha value is -3.83. The number of aliphatic carboxylic acids is 1. The first-order chi connectivity index (χ1) is 17.5. The minimum atomic E-state index is -1.02. The van der Waals surface area contributed by atoms with Gasteiger partial charge in [0.1, 0.15) is 6.04 Å². The van der Waals surface area contributed by atoms with Crippen LogP contribution in [-0.4, -0.2) is 35.0 Å². The summed E-state index contributed by atoms with van der Waals surface area (Å²) < 4.78 is 0. The van der Waals surface area contributed by atoms with Crippen molar-refractivity contribution in [2.75, 3.05) is 12.0 Å². The van der Waals surface area contributed by atoms with Crippen LogP contribution in [0.5, 0.6) is 0 Å². The fraction of sp³-hybridized carbons (Fsp3) is 0.161. The standard InChI is InChI=1S/C31H29NO3S/c1-21-10-6-7-13-24(21)28-20-23(26-15-9-8-14-25(26)22-11-4-3-5-12-22)16-17-27(28)30(33)32-29(31(34)35)18-19-36-2/h3-17,20,29H,18-19H2,1-2H3,(H,32,33)(H,34,35). The number of hydrogen-bond acceptors (Lipinski definition) is 3. The number of carbonyl (C=O) groups excluding carboxylic acids is 1. The van der Waals surface area contributed by atoms with E-state index in [1.54, 1.807) is 11.8 Å². The summed E-state index contributed by atoms with van der Waals surface area (Å²) in [6.45, 7) is 2.01. The van der Waals surface area contributed by atoms with Crippen molar-refractivity contribution < 1.29 is 14.7 Å². The highest BCUT2D eigenvalue weighted by Gasteiger charge is 2.23. The van der Waals surface area contributed by atoms with Gasteiger partial charge in [0.15, 0.2) is 0 Å². The van der Waals surface area contributed by atoms with Crippen molar-refractivity contribution in [1.29, 1.82) is 0 Å². The van der Waals surface area contributed by atoms with Crippen LogP contribution in [0.25, 0.3) is 33.4 Å². The lowest BCUT2D eigenvalue weighted by Crippen LogP contribution is -2.41. The Labute approximate surface area is 216 Å². The first kappa shape index (κ1) is 25.3. The van der Waals surface area contributed by atoms with E-state index >= 15 is 0 Å². The van der Waals surface area contributed by atoms with Gasteiger partial charge < -0.3 is 10.4 Å². The summed E-state index contributed by atoms with van der Waals surface area (Å²) in [4.78, 5) is 25.2. The molecule has 0 radical (unpaired) electrons. The molecule has 0 bridgehead atoms. The Balaban J connectivity index is 1.82. The molecule has 36 heavy (non-hydrogen) atoms. The van der Waals surface area contributed by atoms with Gasteiger partial charge in [0.2, 0.25) is 0 Å². The first-order valence-corrected chi connectivity index (χ1v) is 13.3. The van der Waals surface area contributed by atoms with Crippen molar-refractivity contribution in [2.24, 2.45) is 0 Å². The maximum atomic E-state index is 13.4. The summed E-state index contributed by atoms with van der Waals surface area (Å²) in [5, 5.41) is 12.4. The number of amides is 1. The predicted octanol–water partition coefficient (Wildman–Crippen LogP) is 6.93. The van der Waals surface area contributed by atoms with E-state index in [0.717, 1.165) is 38.9 Å². The number of carbonyl (C=O) groups is 2. The highest BCUT2D eigenvalue weighted by atomic mass is 32.2. The molecule has 4 aromatic carbocycles. The second-order valence-electron chi connectivity index (χ2n) is 8.63. The number of nitrogens with one attached hydrogen (secondary N) is 1. The SMILES string of the molecule is CSCCC(NC(=O)c1ccc(-c2ccccc2-c2ccccc2)cc1-c1ccccc1C)C(=O)O. The molecular formula is C31H29NO3S. The number of rotatable bonds is 9. The van der Waals surface area contributed by atoms with Crippen molar-refractivity contribution in [3.05, 3.63) is 108 Å². The molecule has 4 aromatic rings. The van der Waals surface area contributed by atoms with Gasteiger partial charge in [-0.15, -0.1) is 0 Å². The summed E-state index contributed by atoms with van der Waals surface area (Å²) >= 11 is 1.56. The number of carboxylic acids is 1. The molecule has 5 heteroatoms. The molecule has 0 heterocycles. The van der Waals surface area contributed by atoms with Crippen LogP contribution in [0.1, 0.15) is 22.3 Å². The van der Waals surface area contributed by atoms with Crippen molar-refractivity contribution in [2.45, 2.75) is 19.4 Å². The van der Waals surface area contributed by atoms with Gasteiger partial charge in [-0.1, -0.05) is 84.9 Å². The van der Waals surface area contributed by atoms with Crippen LogP contribution < -0.4 is 5.32 Å². The Morgan fingerprint density at radius 3 is 2.03 bits per heavy atom. The normalized spacial score (nSPS) is 11.6. The molecule has 0 fully saturated rings. The van der Waals surface area contributed by atoms with Gasteiger partial charge in [0, 0.05) is 5.56 Å². The summed E-state index contributed by atoms with van der Waals surface area (Å²) in [7, 11) is 0. The van der Waals surface area contributed by atoms with Gasteiger partial charge in [-0.2, -0.15) is 11.8 Å². The quantitative estimate of drug-likeness (QED) is 0.264. The zero-order valence-electron chi connectivity index (χ0n) is 20.4.